The first-order valence-electron chi connectivity index (χ1n) is 14.2. The molecule has 4 rings (SSSR count). The summed E-state index contributed by atoms with van der Waals surface area (Å²) in [5.41, 5.74) is 0.184. The highest BCUT2D eigenvalue weighted by molar-refractivity contribution is 6.42. The summed E-state index contributed by atoms with van der Waals surface area (Å²) < 4.78 is 21.4. The maximum atomic E-state index is 13.6. The van der Waals surface area contributed by atoms with E-state index in [2.05, 4.69) is 20.6 Å². The molecule has 3 amide bonds. The number of fused-ring (bicyclic) bond motifs is 1. The summed E-state index contributed by atoms with van der Waals surface area (Å²) in [5.74, 6) is 0.570. The Labute approximate surface area is 266 Å². The minimum Gasteiger partial charge on any atom is -0.495 e. The van der Waals surface area contributed by atoms with Crippen molar-refractivity contribution < 1.29 is 33.3 Å². The number of carbonyl (C=O) groups excluding carboxylic acids is 3. The van der Waals surface area contributed by atoms with Crippen molar-refractivity contribution in [2.75, 3.05) is 43.0 Å². The Morgan fingerprint density at radius 1 is 1.09 bits per heavy atom. The van der Waals surface area contributed by atoms with E-state index in [0.717, 1.165) is 0 Å². The van der Waals surface area contributed by atoms with Gasteiger partial charge in [0.2, 0.25) is 5.95 Å². The van der Waals surface area contributed by atoms with Gasteiger partial charge in [-0.3, -0.25) is 14.6 Å². The van der Waals surface area contributed by atoms with Crippen molar-refractivity contribution in [3.05, 3.63) is 27.9 Å². The minimum absolute atomic E-state index is 0.0853. The Hall–Kier alpha value is -3.71. The van der Waals surface area contributed by atoms with Crippen molar-refractivity contribution in [3.63, 3.8) is 0 Å². The molecule has 0 bridgehead atoms. The third kappa shape index (κ3) is 7.15. The molecular weight excluding hydrogens is 615 g/mol. The third-order valence-corrected chi connectivity index (χ3v) is 8.04. The summed E-state index contributed by atoms with van der Waals surface area (Å²) in [6.07, 6.45) is 2.44. The molecule has 13 nitrogen and oxygen atoms in total. The van der Waals surface area contributed by atoms with Crippen molar-refractivity contribution in [1.82, 2.24) is 15.3 Å². The van der Waals surface area contributed by atoms with Crippen molar-refractivity contribution in [2.24, 2.45) is 5.92 Å². The molecule has 2 heterocycles. The summed E-state index contributed by atoms with van der Waals surface area (Å²) in [7, 11) is 4.49. The van der Waals surface area contributed by atoms with Crippen LogP contribution in [0.25, 0.3) is 0 Å². The van der Waals surface area contributed by atoms with Gasteiger partial charge in [0.15, 0.2) is 0 Å². The van der Waals surface area contributed by atoms with Gasteiger partial charge in [0.05, 0.1) is 45.0 Å². The number of nitrogens with zero attached hydrogens (tertiary/aromatic N) is 4. The number of ether oxygens (including phenoxy) is 4. The van der Waals surface area contributed by atoms with Crippen molar-refractivity contribution in [3.8, 4) is 11.5 Å². The number of amides is 3. The monoisotopic (exact) mass is 652 g/mol. The molecule has 0 saturated heterocycles. The van der Waals surface area contributed by atoms with Crippen LogP contribution < -0.4 is 29.9 Å². The summed E-state index contributed by atoms with van der Waals surface area (Å²) in [6, 6.07) is 0.316. The zero-order valence-corrected chi connectivity index (χ0v) is 27.3. The first kappa shape index (κ1) is 33.2. The zero-order valence-electron chi connectivity index (χ0n) is 25.8. The van der Waals surface area contributed by atoms with Crippen LogP contribution in [0.15, 0.2) is 12.3 Å². The molecule has 2 N–H and O–H groups in total. The van der Waals surface area contributed by atoms with Crippen LogP contribution in [0.1, 0.15) is 52.5 Å². The first-order valence-corrected chi connectivity index (χ1v) is 15.0. The van der Waals surface area contributed by atoms with Crippen LogP contribution in [0.3, 0.4) is 0 Å². The molecular formula is C29H38Cl2N6O7. The highest BCUT2D eigenvalue weighted by atomic mass is 35.5. The van der Waals surface area contributed by atoms with E-state index < -0.39 is 23.8 Å². The van der Waals surface area contributed by atoms with Crippen LogP contribution in [0.5, 0.6) is 11.5 Å². The van der Waals surface area contributed by atoms with E-state index in [0.29, 0.717) is 42.1 Å². The van der Waals surface area contributed by atoms with Crippen LogP contribution in [0.2, 0.25) is 10.0 Å². The largest absolute Gasteiger partial charge is 0.495 e. The fourth-order valence-corrected chi connectivity index (χ4v) is 5.97. The number of urea groups is 1. The summed E-state index contributed by atoms with van der Waals surface area (Å²) in [6.45, 7) is 7.44. The van der Waals surface area contributed by atoms with Gasteiger partial charge in [-0.25, -0.2) is 14.6 Å². The number of nitrogens with one attached hydrogen (secondary N) is 2. The number of benzene rings is 1. The van der Waals surface area contributed by atoms with Gasteiger partial charge in [-0.05, 0) is 47.0 Å². The molecule has 3 atom stereocenters. The van der Waals surface area contributed by atoms with Crippen molar-refractivity contribution >= 4 is 58.7 Å². The molecule has 1 fully saturated rings. The van der Waals surface area contributed by atoms with Gasteiger partial charge in [0.25, 0.3) is 0 Å². The number of anilines is 3. The smallest absolute Gasteiger partial charge is 0.407 e. The standard InChI is InChI=1S/C29H38Cl2N6O7/c1-8-43-25(38)15-9-10-17(18(11-15)34-27(39)44-29(2,3)4)33-26-32-13-16-14-37(28(40)36(5)24(16)35-26)23-21(30)19(41-6)12-20(42-7)22(23)31/h12-13,15,17-18H,8-11,14H2,1-7H3,(H,34,39)(H,32,33,35)/t15-,17-,18+/m1/s1. The quantitative estimate of drug-likeness (QED) is 0.355. The molecule has 1 aliphatic heterocycles. The van der Waals surface area contributed by atoms with E-state index in [-0.39, 0.29) is 52.8 Å². The maximum Gasteiger partial charge on any atom is 0.407 e. The number of alkyl carbamates (subject to hydrolysis) is 1. The Kier molecular flexibility index (Phi) is 10.2. The molecule has 2 aliphatic rings. The van der Waals surface area contributed by atoms with Crippen LogP contribution in [0, 0.1) is 5.92 Å². The number of hydrogen-bond donors (Lipinski definition) is 2. The highest BCUT2D eigenvalue weighted by Crippen LogP contribution is 2.47. The third-order valence-electron chi connectivity index (χ3n) is 7.31. The fourth-order valence-electron chi connectivity index (χ4n) is 5.26. The van der Waals surface area contributed by atoms with E-state index in [9.17, 15) is 14.4 Å². The molecule has 0 radical (unpaired) electrons. The average Bonchev–Trinajstić information content (AvgIpc) is 2.96. The lowest BCUT2D eigenvalue weighted by molar-refractivity contribution is -0.149. The minimum atomic E-state index is -0.695. The first-order chi connectivity index (χ1) is 20.8. The van der Waals surface area contributed by atoms with Gasteiger partial charge >= 0.3 is 18.1 Å². The van der Waals surface area contributed by atoms with Gasteiger partial charge in [0, 0.05) is 30.9 Å². The second-order valence-corrected chi connectivity index (χ2v) is 12.2. The SMILES string of the molecule is CCOC(=O)[C@@H]1CC[C@@H](Nc2ncc3c(n2)N(C)C(=O)N(c2c(Cl)c(OC)cc(OC)c2Cl)C3)[C@@H](NC(=O)OC(C)(C)C)C1. The Morgan fingerprint density at radius 2 is 1.75 bits per heavy atom. The summed E-state index contributed by atoms with van der Waals surface area (Å²) in [4.78, 5) is 50.7. The molecule has 1 saturated carbocycles. The van der Waals surface area contributed by atoms with Crippen molar-refractivity contribution in [1.29, 1.82) is 0 Å². The van der Waals surface area contributed by atoms with E-state index >= 15 is 0 Å². The van der Waals surface area contributed by atoms with Gasteiger partial charge in [0.1, 0.15) is 33.0 Å². The number of rotatable bonds is 8. The lowest BCUT2D eigenvalue weighted by Crippen LogP contribution is -2.52. The predicted molar refractivity (Wildman–Crippen MR) is 166 cm³/mol. The number of esters is 1. The second kappa shape index (κ2) is 13.5. The Bertz CT molecular complexity index is 1390. The Balaban J connectivity index is 1.59. The van der Waals surface area contributed by atoms with Gasteiger partial charge < -0.3 is 29.6 Å². The maximum absolute atomic E-state index is 13.6. The summed E-state index contributed by atoms with van der Waals surface area (Å²) >= 11 is 13.2. The lowest BCUT2D eigenvalue weighted by Gasteiger charge is -2.37. The molecule has 1 aliphatic carbocycles. The lowest BCUT2D eigenvalue weighted by atomic mass is 9.82. The van der Waals surface area contributed by atoms with E-state index in [1.54, 1.807) is 47.0 Å². The average molecular weight is 654 g/mol. The Morgan fingerprint density at radius 3 is 2.34 bits per heavy atom. The second-order valence-electron chi connectivity index (χ2n) is 11.5. The number of methoxy groups -OCH3 is 2. The van der Waals surface area contributed by atoms with Crippen LogP contribution in [-0.4, -0.2) is 73.6 Å². The van der Waals surface area contributed by atoms with Crippen LogP contribution >= 0.6 is 23.2 Å². The topological polar surface area (TPSA) is 144 Å². The molecule has 0 unspecified atom stereocenters. The fraction of sp³-hybridized carbons (Fsp3) is 0.552. The number of hydrogen-bond acceptors (Lipinski definition) is 10. The summed E-state index contributed by atoms with van der Waals surface area (Å²) in [5, 5.41) is 6.51. The van der Waals surface area contributed by atoms with E-state index in [1.165, 1.54) is 24.0 Å². The zero-order chi connectivity index (χ0) is 32.3. The predicted octanol–water partition coefficient (Wildman–Crippen LogP) is 5.41. The normalized spacial score (nSPS) is 20.0. The van der Waals surface area contributed by atoms with Gasteiger partial charge in [-0.2, -0.15) is 4.98 Å². The molecule has 1 aromatic carbocycles. The molecule has 44 heavy (non-hydrogen) atoms. The van der Waals surface area contributed by atoms with Crippen molar-refractivity contribution in [2.45, 2.75) is 71.2 Å². The number of halogens is 2. The van der Waals surface area contributed by atoms with E-state index in [1.807, 2.05) is 0 Å². The molecule has 0 spiro atoms. The molecule has 240 valence electrons. The molecule has 1 aromatic heterocycles. The van der Waals surface area contributed by atoms with Crippen LogP contribution in [0.4, 0.5) is 27.0 Å². The highest BCUT2D eigenvalue weighted by Gasteiger charge is 2.38. The molecule has 15 heteroatoms. The van der Waals surface area contributed by atoms with Gasteiger partial charge in [-0.1, -0.05) is 23.2 Å². The van der Waals surface area contributed by atoms with Crippen LogP contribution in [-0.2, 0) is 20.8 Å². The van der Waals surface area contributed by atoms with E-state index in [4.69, 9.17) is 42.1 Å². The number of carbonyl (C=O) groups is 3. The number of aromatic nitrogens is 2. The molecule has 2 aromatic rings. The van der Waals surface area contributed by atoms with Gasteiger partial charge in [-0.15, -0.1) is 0 Å².